The number of hydrogen-bond acceptors (Lipinski definition) is 1. The fraction of sp³-hybridized carbons (Fsp3) is 0.667. The van der Waals surface area contributed by atoms with Crippen LogP contribution in [0.2, 0.25) is 0 Å². The Morgan fingerprint density at radius 1 is 0.917 bits per heavy atom. The van der Waals surface area contributed by atoms with Crippen molar-refractivity contribution < 1.29 is 4.74 Å². The molecule has 1 aromatic carbocycles. The number of hydrogen-bond donors (Lipinski definition) is 0. The fourth-order valence-electron chi connectivity index (χ4n) is 4.92. The smallest absolute Gasteiger partial charge is 0.119 e. The first-order chi connectivity index (χ1) is 11.8. The van der Waals surface area contributed by atoms with Crippen molar-refractivity contribution >= 4 is 24.2 Å². The SMILES string of the molecule is CCOc1ccc([P+]([CH-]Cl)(C2CCCCC2)C2CCCCC2)cc1. The van der Waals surface area contributed by atoms with Gasteiger partial charge in [-0.15, -0.1) is 0 Å². The van der Waals surface area contributed by atoms with Crippen LogP contribution in [0.15, 0.2) is 24.3 Å². The third kappa shape index (κ3) is 3.78. The second kappa shape index (κ2) is 8.91. The molecule has 2 saturated carbocycles. The van der Waals surface area contributed by atoms with Crippen molar-refractivity contribution in [3.05, 3.63) is 29.9 Å². The highest BCUT2D eigenvalue weighted by Gasteiger charge is 2.47. The average Bonchev–Trinajstić information content (AvgIpc) is 2.66. The number of benzene rings is 1. The molecular weight excluding hydrogens is 335 g/mol. The first-order valence-electron chi connectivity index (χ1n) is 9.87. The lowest BCUT2D eigenvalue weighted by molar-refractivity contribution is 0.340. The molecule has 0 atom stereocenters. The van der Waals surface area contributed by atoms with Crippen molar-refractivity contribution in [3.63, 3.8) is 0 Å². The Balaban J connectivity index is 1.95. The van der Waals surface area contributed by atoms with Crippen LogP contribution in [-0.2, 0) is 0 Å². The lowest BCUT2D eigenvalue weighted by Crippen LogP contribution is -2.34. The highest BCUT2D eigenvalue weighted by atomic mass is 35.5. The maximum absolute atomic E-state index is 6.72. The Labute approximate surface area is 153 Å². The minimum absolute atomic E-state index is 0.729. The maximum Gasteiger partial charge on any atom is 0.119 e. The summed E-state index contributed by atoms with van der Waals surface area (Å²) in [6.45, 7) is 2.77. The summed E-state index contributed by atoms with van der Waals surface area (Å²) in [5.74, 6) is 0.987. The van der Waals surface area contributed by atoms with Gasteiger partial charge in [-0.1, -0.05) is 25.7 Å². The van der Waals surface area contributed by atoms with E-state index in [1.807, 2.05) is 6.92 Å². The van der Waals surface area contributed by atoms with E-state index in [0.29, 0.717) is 0 Å². The Bertz CT molecular complexity index is 471. The van der Waals surface area contributed by atoms with Gasteiger partial charge in [0.1, 0.15) is 5.75 Å². The van der Waals surface area contributed by atoms with Crippen LogP contribution in [0.3, 0.4) is 0 Å². The minimum Gasteiger partial charge on any atom is -0.494 e. The van der Waals surface area contributed by atoms with Gasteiger partial charge in [-0.05, 0) is 82.6 Å². The Hall–Kier alpha value is -0.260. The van der Waals surface area contributed by atoms with Gasteiger partial charge in [-0.25, -0.2) is 0 Å². The van der Waals surface area contributed by atoms with Gasteiger partial charge < -0.3 is 16.3 Å². The van der Waals surface area contributed by atoms with Crippen LogP contribution >= 0.6 is 18.9 Å². The second-order valence-electron chi connectivity index (χ2n) is 7.44. The van der Waals surface area contributed by atoms with Crippen LogP contribution in [0.1, 0.15) is 71.1 Å². The average molecular weight is 367 g/mol. The monoisotopic (exact) mass is 366 g/mol. The van der Waals surface area contributed by atoms with E-state index in [9.17, 15) is 0 Å². The lowest BCUT2D eigenvalue weighted by Gasteiger charge is -2.48. The predicted molar refractivity (Wildman–Crippen MR) is 108 cm³/mol. The molecular formula is C21H32ClOP. The third-order valence-electron chi connectivity index (χ3n) is 6.11. The molecule has 2 aliphatic rings. The lowest BCUT2D eigenvalue weighted by atomic mass is 9.99. The first-order valence-corrected chi connectivity index (χ1v) is 12.3. The van der Waals surface area contributed by atoms with Gasteiger partial charge in [0.05, 0.1) is 11.9 Å². The summed E-state index contributed by atoms with van der Waals surface area (Å²) in [7, 11) is -1.43. The van der Waals surface area contributed by atoms with Crippen LogP contribution in [0, 0.1) is 5.62 Å². The summed E-state index contributed by atoms with van der Waals surface area (Å²) in [5, 5.41) is 1.53. The number of ether oxygens (including phenoxy) is 1. The van der Waals surface area contributed by atoms with Crippen LogP contribution in [-0.4, -0.2) is 17.9 Å². The van der Waals surface area contributed by atoms with E-state index in [-0.39, 0.29) is 0 Å². The van der Waals surface area contributed by atoms with Crippen molar-refractivity contribution in [1.29, 1.82) is 0 Å². The number of rotatable bonds is 6. The molecule has 0 N–H and O–H groups in total. The molecule has 0 aromatic heterocycles. The molecule has 134 valence electrons. The molecule has 0 spiro atoms. The molecule has 1 nitrogen and oxygen atoms in total. The summed E-state index contributed by atoms with van der Waals surface area (Å²) >= 11 is 6.72. The van der Waals surface area contributed by atoms with Crippen molar-refractivity contribution in [2.75, 3.05) is 6.61 Å². The largest absolute Gasteiger partial charge is 0.494 e. The molecule has 0 radical (unpaired) electrons. The molecule has 3 heteroatoms. The van der Waals surface area contributed by atoms with E-state index in [4.69, 9.17) is 16.3 Å². The summed E-state index contributed by atoms with van der Waals surface area (Å²) in [6, 6.07) is 9.00. The van der Waals surface area contributed by atoms with Crippen LogP contribution in [0.25, 0.3) is 0 Å². The maximum atomic E-state index is 6.72. The zero-order valence-electron chi connectivity index (χ0n) is 15.1. The second-order valence-corrected chi connectivity index (χ2v) is 11.9. The van der Waals surface area contributed by atoms with Gasteiger partial charge in [0.25, 0.3) is 0 Å². The van der Waals surface area contributed by atoms with Crippen molar-refractivity contribution in [2.24, 2.45) is 0 Å². The topological polar surface area (TPSA) is 9.23 Å². The molecule has 2 aliphatic carbocycles. The van der Waals surface area contributed by atoms with Crippen molar-refractivity contribution in [2.45, 2.75) is 82.4 Å². The molecule has 0 unspecified atom stereocenters. The van der Waals surface area contributed by atoms with Crippen LogP contribution < -0.4 is 10.0 Å². The third-order valence-corrected chi connectivity index (χ3v) is 12.0. The van der Waals surface area contributed by atoms with E-state index in [0.717, 1.165) is 23.7 Å². The summed E-state index contributed by atoms with van der Waals surface area (Å²) in [5.41, 5.74) is 3.80. The standard InChI is InChI=1S/C21H32ClOP/c1-2-23-18-13-15-21(16-14-18)24(17-22,19-9-5-3-6-10-19)20-11-7-4-8-12-20/h13-17,19-20H,2-12H2,1H3. The first kappa shape index (κ1) is 18.5. The van der Waals surface area contributed by atoms with Gasteiger partial charge in [0.2, 0.25) is 0 Å². The van der Waals surface area contributed by atoms with Crippen LogP contribution in [0.4, 0.5) is 0 Å². The van der Waals surface area contributed by atoms with Gasteiger partial charge in [-0.2, -0.15) is 0 Å². The highest BCUT2D eigenvalue weighted by molar-refractivity contribution is 7.87. The molecule has 24 heavy (non-hydrogen) atoms. The Morgan fingerprint density at radius 2 is 1.42 bits per heavy atom. The number of halogens is 1. The van der Waals surface area contributed by atoms with Crippen LogP contribution in [0.5, 0.6) is 5.75 Å². The summed E-state index contributed by atoms with van der Waals surface area (Å²) in [6.07, 6.45) is 13.9. The van der Waals surface area contributed by atoms with Gasteiger partial charge in [-0.3, -0.25) is 0 Å². The Kier molecular flexibility index (Phi) is 6.88. The Morgan fingerprint density at radius 3 is 1.83 bits per heavy atom. The summed E-state index contributed by atoms with van der Waals surface area (Å²) < 4.78 is 5.67. The molecule has 3 rings (SSSR count). The molecule has 0 saturated heterocycles. The van der Waals surface area contributed by atoms with E-state index < -0.39 is 7.26 Å². The minimum atomic E-state index is -1.43. The van der Waals surface area contributed by atoms with Gasteiger partial charge >= 0.3 is 0 Å². The van der Waals surface area contributed by atoms with Gasteiger partial charge in [0.15, 0.2) is 0 Å². The highest BCUT2D eigenvalue weighted by Crippen LogP contribution is 2.74. The molecule has 0 heterocycles. The molecule has 0 aliphatic heterocycles. The molecule has 0 amide bonds. The molecule has 0 bridgehead atoms. The van der Waals surface area contributed by atoms with E-state index in [2.05, 4.69) is 29.9 Å². The molecule has 2 fully saturated rings. The summed E-state index contributed by atoms with van der Waals surface area (Å²) in [4.78, 5) is 0. The van der Waals surface area contributed by atoms with Crippen molar-refractivity contribution in [1.82, 2.24) is 0 Å². The van der Waals surface area contributed by atoms with E-state index in [1.54, 1.807) is 0 Å². The predicted octanol–water partition coefficient (Wildman–Crippen LogP) is 6.75. The van der Waals surface area contributed by atoms with E-state index in [1.165, 1.54) is 69.5 Å². The normalized spacial score (nSPS) is 20.9. The fourth-order valence-corrected chi connectivity index (χ4v) is 11.2. The van der Waals surface area contributed by atoms with Crippen molar-refractivity contribution in [3.8, 4) is 5.75 Å². The zero-order chi connectivity index (χ0) is 16.8. The molecule has 1 aromatic rings. The zero-order valence-corrected chi connectivity index (χ0v) is 16.7. The van der Waals surface area contributed by atoms with Gasteiger partial charge in [0, 0.05) is 11.3 Å². The van der Waals surface area contributed by atoms with E-state index >= 15 is 0 Å². The quantitative estimate of drug-likeness (QED) is 0.399.